The number of carboxylic acids is 1. The predicted molar refractivity (Wildman–Crippen MR) is 66.0 cm³/mol. The maximum Gasteiger partial charge on any atom is 0.352 e. The van der Waals surface area contributed by atoms with Gasteiger partial charge in [-0.05, 0) is 6.42 Å². The van der Waals surface area contributed by atoms with Crippen LogP contribution in [0, 0.1) is 10.1 Å². The molecule has 0 atom stereocenters. The third-order valence-electron chi connectivity index (χ3n) is 2.60. The van der Waals surface area contributed by atoms with E-state index < -0.39 is 10.9 Å². The van der Waals surface area contributed by atoms with Crippen molar-refractivity contribution in [1.29, 1.82) is 0 Å². The van der Waals surface area contributed by atoms with E-state index in [1.165, 1.54) is 15.7 Å². The number of hydrogen-bond acceptors (Lipinski definition) is 4. The van der Waals surface area contributed by atoms with Gasteiger partial charge >= 0.3 is 5.97 Å². The summed E-state index contributed by atoms with van der Waals surface area (Å²) >= 11 is 0. The molecule has 0 spiro atoms. The van der Waals surface area contributed by atoms with Crippen molar-refractivity contribution in [3.63, 3.8) is 0 Å². The number of rotatable bonds is 6. The van der Waals surface area contributed by atoms with Crippen molar-refractivity contribution >= 4 is 17.6 Å². The van der Waals surface area contributed by atoms with Crippen molar-refractivity contribution < 1.29 is 19.6 Å². The van der Waals surface area contributed by atoms with Crippen LogP contribution in [0.5, 0.6) is 0 Å². The van der Waals surface area contributed by atoms with E-state index in [9.17, 15) is 19.7 Å². The molecule has 104 valence electrons. The Morgan fingerprint density at radius 1 is 1.47 bits per heavy atom. The van der Waals surface area contributed by atoms with Gasteiger partial charge in [-0.1, -0.05) is 0 Å². The second-order valence-corrected chi connectivity index (χ2v) is 4.23. The number of nitro groups is 1. The summed E-state index contributed by atoms with van der Waals surface area (Å²) < 4.78 is 1.28. The molecule has 0 saturated carbocycles. The van der Waals surface area contributed by atoms with Crippen LogP contribution in [0.25, 0.3) is 0 Å². The number of aromatic carboxylic acids is 1. The fourth-order valence-electron chi connectivity index (χ4n) is 1.58. The molecule has 1 heterocycles. The monoisotopic (exact) mass is 269 g/mol. The second-order valence-electron chi connectivity index (χ2n) is 4.23. The minimum Gasteiger partial charge on any atom is -0.477 e. The summed E-state index contributed by atoms with van der Waals surface area (Å²) in [5.41, 5.74) is -0.416. The minimum absolute atomic E-state index is 0.0708. The predicted octanol–water partition coefficient (Wildman–Crippen LogP) is 0.963. The maximum absolute atomic E-state index is 11.4. The van der Waals surface area contributed by atoms with Gasteiger partial charge in [0, 0.05) is 33.1 Å². The first-order valence-corrected chi connectivity index (χ1v) is 5.61. The Labute approximate surface area is 109 Å². The Morgan fingerprint density at radius 2 is 2.11 bits per heavy atom. The molecule has 0 fully saturated rings. The standard InChI is InChI=1S/C11H15N3O5/c1-12(2)10(15)4-3-5-13-7-8(14(18)19)6-9(13)11(16)17/h6-7H,3-5H2,1-2H3,(H,16,17). The zero-order valence-corrected chi connectivity index (χ0v) is 10.7. The summed E-state index contributed by atoms with van der Waals surface area (Å²) in [5.74, 6) is -1.30. The molecule has 0 aromatic carbocycles. The van der Waals surface area contributed by atoms with Gasteiger partial charge in [0.1, 0.15) is 5.69 Å². The highest BCUT2D eigenvalue weighted by atomic mass is 16.6. The molecule has 1 N–H and O–H groups in total. The molecular weight excluding hydrogens is 254 g/mol. The van der Waals surface area contributed by atoms with Crippen molar-refractivity contribution in [2.24, 2.45) is 0 Å². The molecule has 0 aliphatic heterocycles. The largest absolute Gasteiger partial charge is 0.477 e. The van der Waals surface area contributed by atoms with Crippen LogP contribution in [0.3, 0.4) is 0 Å². The fourth-order valence-corrected chi connectivity index (χ4v) is 1.58. The third kappa shape index (κ3) is 3.80. The first-order valence-electron chi connectivity index (χ1n) is 5.61. The summed E-state index contributed by atoms with van der Waals surface area (Å²) in [5, 5.41) is 19.5. The van der Waals surface area contributed by atoms with Crippen LogP contribution in [0.1, 0.15) is 23.3 Å². The number of carboxylic acid groups (broad SMARTS) is 1. The number of amides is 1. The van der Waals surface area contributed by atoms with E-state index in [2.05, 4.69) is 0 Å². The molecular formula is C11H15N3O5. The topological polar surface area (TPSA) is 106 Å². The van der Waals surface area contributed by atoms with E-state index in [4.69, 9.17) is 5.11 Å². The van der Waals surface area contributed by atoms with E-state index in [-0.39, 0.29) is 30.3 Å². The van der Waals surface area contributed by atoms with Crippen molar-refractivity contribution in [2.45, 2.75) is 19.4 Å². The molecule has 0 aliphatic rings. The van der Waals surface area contributed by atoms with Crippen LogP contribution < -0.4 is 0 Å². The molecule has 8 heteroatoms. The average Bonchev–Trinajstić information content (AvgIpc) is 2.73. The quantitative estimate of drug-likeness (QED) is 0.611. The smallest absolute Gasteiger partial charge is 0.352 e. The lowest BCUT2D eigenvalue weighted by Crippen LogP contribution is -2.21. The van der Waals surface area contributed by atoms with Gasteiger partial charge in [-0.15, -0.1) is 0 Å². The maximum atomic E-state index is 11.4. The molecule has 1 aromatic rings. The van der Waals surface area contributed by atoms with Gasteiger partial charge in [0.05, 0.1) is 11.1 Å². The zero-order valence-electron chi connectivity index (χ0n) is 10.7. The fraction of sp³-hybridized carbons (Fsp3) is 0.455. The Balaban J connectivity index is 2.74. The van der Waals surface area contributed by atoms with Gasteiger partial charge in [-0.3, -0.25) is 14.9 Å². The lowest BCUT2D eigenvalue weighted by atomic mass is 10.3. The van der Waals surface area contributed by atoms with Crippen LogP contribution in [-0.2, 0) is 11.3 Å². The molecule has 0 bridgehead atoms. The van der Waals surface area contributed by atoms with Gasteiger partial charge < -0.3 is 14.6 Å². The lowest BCUT2D eigenvalue weighted by molar-refractivity contribution is -0.384. The van der Waals surface area contributed by atoms with Crippen molar-refractivity contribution in [1.82, 2.24) is 9.47 Å². The normalized spacial score (nSPS) is 10.2. The highest BCUT2D eigenvalue weighted by Gasteiger charge is 2.18. The Kier molecular flexibility index (Phi) is 4.62. The summed E-state index contributed by atoms with van der Waals surface area (Å²) in [7, 11) is 3.26. The van der Waals surface area contributed by atoms with Gasteiger partial charge in [0.15, 0.2) is 0 Å². The number of carbonyl (C=O) groups is 2. The lowest BCUT2D eigenvalue weighted by Gasteiger charge is -2.10. The Hall–Kier alpha value is -2.38. The molecule has 0 saturated heterocycles. The number of aryl methyl sites for hydroxylation is 1. The number of carbonyl (C=O) groups excluding carboxylic acids is 1. The van der Waals surface area contributed by atoms with E-state index in [0.717, 1.165) is 6.07 Å². The van der Waals surface area contributed by atoms with Crippen molar-refractivity contribution in [3.8, 4) is 0 Å². The molecule has 0 aliphatic carbocycles. The van der Waals surface area contributed by atoms with Gasteiger partial charge in [0.2, 0.25) is 5.91 Å². The van der Waals surface area contributed by atoms with E-state index >= 15 is 0 Å². The average molecular weight is 269 g/mol. The molecule has 19 heavy (non-hydrogen) atoms. The number of aromatic nitrogens is 1. The highest BCUT2D eigenvalue weighted by molar-refractivity contribution is 5.86. The minimum atomic E-state index is -1.23. The summed E-state index contributed by atoms with van der Waals surface area (Å²) in [6, 6.07) is 1.01. The number of nitrogens with zero attached hydrogens (tertiary/aromatic N) is 3. The zero-order chi connectivity index (χ0) is 14.6. The third-order valence-corrected chi connectivity index (χ3v) is 2.60. The van der Waals surface area contributed by atoms with Crippen LogP contribution in [0.2, 0.25) is 0 Å². The molecule has 0 unspecified atom stereocenters. The first kappa shape index (κ1) is 14.7. The molecule has 1 rings (SSSR count). The Morgan fingerprint density at radius 3 is 2.58 bits per heavy atom. The number of hydrogen-bond donors (Lipinski definition) is 1. The van der Waals surface area contributed by atoms with Gasteiger partial charge in [-0.25, -0.2) is 4.79 Å². The Bertz CT molecular complexity index is 506. The summed E-state index contributed by atoms with van der Waals surface area (Å²) in [6.07, 6.45) is 1.85. The van der Waals surface area contributed by atoms with Gasteiger partial charge in [0.25, 0.3) is 5.69 Å². The highest BCUT2D eigenvalue weighted by Crippen LogP contribution is 2.17. The summed E-state index contributed by atoms with van der Waals surface area (Å²) in [4.78, 5) is 33.7. The van der Waals surface area contributed by atoms with Crippen LogP contribution in [0.15, 0.2) is 12.3 Å². The molecule has 8 nitrogen and oxygen atoms in total. The van der Waals surface area contributed by atoms with Crippen molar-refractivity contribution in [3.05, 3.63) is 28.1 Å². The van der Waals surface area contributed by atoms with Crippen molar-refractivity contribution in [2.75, 3.05) is 14.1 Å². The van der Waals surface area contributed by atoms with E-state index in [0.29, 0.717) is 6.42 Å². The van der Waals surface area contributed by atoms with Crippen LogP contribution >= 0.6 is 0 Å². The van der Waals surface area contributed by atoms with Crippen LogP contribution in [0.4, 0.5) is 5.69 Å². The van der Waals surface area contributed by atoms with Crippen LogP contribution in [-0.4, -0.2) is 45.5 Å². The van der Waals surface area contributed by atoms with E-state index in [1.54, 1.807) is 14.1 Å². The first-order chi connectivity index (χ1) is 8.82. The van der Waals surface area contributed by atoms with Gasteiger partial charge in [-0.2, -0.15) is 0 Å². The SMILES string of the molecule is CN(C)C(=O)CCCn1cc([N+](=O)[O-])cc1C(=O)O. The molecule has 0 radical (unpaired) electrons. The molecule has 1 amide bonds. The second kappa shape index (κ2) is 5.98. The van der Waals surface area contributed by atoms with E-state index in [1.807, 2.05) is 0 Å². The summed E-state index contributed by atoms with van der Waals surface area (Å²) in [6.45, 7) is 0.245. The molecule has 1 aromatic heterocycles.